The highest BCUT2D eigenvalue weighted by molar-refractivity contribution is 7.91. The average molecular weight is 300 g/mol. The van der Waals surface area contributed by atoms with E-state index in [0.717, 1.165) is 0 Å². The second-order valence-electron chi connectivity index (χ2n) is 5.36. The number of aryl methyl sites for hydroxylation is 1. The number of hydrogen-bond donors (Lipinski definition) is 2. The van der Waals surface area contributed by atoms with E-state index < -0.39 is 21.4 Å². The van der Waals surface area contributed by atoms with Gasteiger partial charge in [0.05, 0.1) is 21.8 Å². The molecule has 0 bridgehead atoms. The molecule has 0 saturated carbocycles. The van der Waals surface area contributed by atoms with E-state index in [-0.39, 0.29) is 22.6 Å². The number of carbonyl (C=O) groups is 1. The summed E-state index contributed by atoms with van der Waals surface area (Å²) in [5.74, 6) is -1.36. The van der Waals surface area contributed by atoms with Gasteiger partial charge in [0.1, 0.15) is 0 Å². The molecule has 5 nitrogen and oxygen atoms in total. The zero-order valence-corrected chi connectivity index (χ0v) is 12.7. The second kappa shape index (κ2) is 5.93. The van der Waals surface area contributed by atoms with Crippen LogP contribution in [0.2, 0.25) is 0 Å². The lowest BCUT2D eigenvalue weighted by Crippen LogP contribution is -2.23. The van der Waals surface area contributed by atoms with Crippen molar-refractivity contribution in [2.75, 3.05) is 5.75 Å². The fourth-order valence-electron chi connectivity index (χ4n) is 1.76. The van der Waals surface area contributed by atoms with E-state index in [4.69, 9.17) is 5.11 Å². The Labute approximate surface area is 119 Å². The molecule has 2 N–H and O–H groups in total. The van der Waals surface area contributed by atoms with Crippen molar-refractivity contribution in [1.82, 2.24) is 0 Å². The molecule has 0 atom stereocenters. The quantitative estimate of drug-likeness (QED) is 0.837. The average Bonchev–Trinajstić information content (AvgIpc) is 2.35. The van der Waals surface area contributed by atoms with Crippen molar-refractivity contribution in [2.24, 2.45) is 0 Å². The number of rotatable bonds is 6. The summed E-state index contributed by atoms with van der Waals surface area (Å²) >= 11 is 0. The summed E-state index contributed by atoms with van der Waals surface area (Å²) in [5.41, 5.74) is -0.470. The lowest BCUT2D eigenvalue weighted by atomic mass is 10.1. The summed E-state index contributed by atoms with van der Waals surface area (Å²) in [6, 6.07) is 4.15. The van der Waals surface area contributed by atoms with Crippen molar-refractivity contribution in [3.63, 3.8) is 0 Å². The van der Waals surface area contributed by atoms with Crippen LogP contribution in [0.15, 0.2) is 23.1 Å². The Balaban J connectivity index is 3.13. The first-order valence-corrected chi connectivity index (χ1v) is 8.03. The minimum atomic E-state index is -3.60. The SMILES string of the molecule is CCc1ccc(S(=O)(=O)CCC(C)(C)O)cc1C(=O)O. The molecule has 0 radical (unpaired) electrons. The van der Waals surface area contributed by atoms with Crippen LogP contribution in [0.5, 0.6) is 0 Å². The maximum absolute atomic E-state index is 12.1. The van der Waals surface area contributed by atoms with Crippen molar-refractivity contribution in [2.45, 2.75) is 44.1 Å². The Morgan fingerprint density at radius 1 is 1.30 bits per heavy atom. The maximum atomic E-state index is 12.1. The second-order valence-corrected chi connectivity index (χ2v) is 7.47. The topological polar surface area (TPSA) is 91.7 Å². The predicted molar refractivity (Wildman–Crippen MR) is 75.7 cm³/mol. The summed E-state index contributed by atoms with van der Waals surface area (Å²) in [7, 11) is -3.60. The van der Waals surface area contributed by atoms with Gasteiger partial charge in [-0.15, -0.1) is 0 Å². The van der Waals surface area contributed by atoms with Crippen LogP contribution in [0.3, 0.4) is 0 Å². The molecular weight excluding hydrogens is 280 g/mol. The lowest BCUT2D eigenvalue weighted by molar-refractivity contribution is 0.0694. The van der Waals surface area contributed by atoms with Gasteiger partial charge < -0.3 is 10.2 Å². The van der Waals surface area contributed by atoms with Gasteiger partial charge in [0, 0.05) is 0 Å². The fourth-order valence-corrected chi connectivity index (χ4v) is 3.34. The summed E-state index contributed by atoms with van der Waals surface area (Å²) in [6.07, 6.45) is 0.610. The van der Waals surface area contributed by atoms with Gasteiger partial charge >= 0.3 is 5.97 Å². The number of aliphatic hydroxyl groups is 1. The number of sulfone groups is 1. The molecule has 1 aromatic rings. The van der Waals surface area contributed by atoms with E-state index in [0.29, 0.717) is 12.0 Å². The van der Waals surface area contributed by atoms with Gasteiger partial charge in [-0.1, -0.05) is 13.0 Å². The molecule has 1 rings (SSSR count). The van der Waals surface area contributed by atoms with Gasteiger partial charge in [-0.25, -0.2) is 13.2 Å². The third-order valence-electron chi connectivity index (χ3n) is 3.03. The van der Waals surface area contributed by atoms with Gasteiger partial charge in [-0.05, 0) is 44.4 Å². The number of carboxylic acids is 1. The molecule has 0 saturated heterocycles. The molecule has 0 aliphatic carbocycles. The minimum absolute atomic E-state index is 0.0110. The highest BCUT2D eigenvalue weighted by Gasteiger charge is 2.22. The molecular formula is C14H20O5S. The molecule has 6 heteroatoms. The third-order valence-corrected chi connectivity index (χ3v) is 4.75. The Morgan fingerprint density at radius 2 is 1.90 bits per heavy atom. The van der Waals surface area contributed by atoms with Crippen LogP contribution in [0.4, 0.5) is 0 Å². The fraction of sp³-hybridized carbons (Fsp3) is 0.500. The molecule has 0 fully saturated rings. The summed E-state index contributed by atoms with van der Waals surface area (Å²) in [4.78, 5) is 11.1. The zero-order valence-electron chi connectivity index (χ0n) is 11.9. The van der Waals surface area contributed by atoms with Crippen LogP contribution in [0.25, 0.3) is 0 Å². The van der Waals surface area contributed by atoms with Crippen LogP contribution in [0, 0.1) is 0 Å². The summed E-state index contributed by atoms with van der Waals surface area (Å²) < 4.78 is 24.3. The molecule has 0 unspecified atom stereocenters. The zero-order chi connectivity index (χ0) is 15.6. The number of benzene rings is 1. The van der Waals surface area contributed by atoms with E-state index in [1.165, 1.54) is 32.0 Å². The van der Waals surface area contributed by atoms with Crippen molar-refractivity contribution in [1.29, 1.82) is 0 Å². The van der Waals surface area contributed by atoms with Crippen LogP contribution in [-0.2, 0) is 16.3 Å². The first kappa shape index (κ1) is 16.7. The number of carboxylic acid groups (broad SMARTS) is 1. The Kier molecular flexibility index (Phi) is 4.94. The van der Waals surface area contributed by atoms with Crippen molar-refractivity contribution in [3.8, 4) is 0 Å². The van der Waals surface area contributed by atoms with E-state index in [1.54, 1.807) is 0 Å². The van der Waals surface area contributed by atoms with Gasteiger partial charge in [0.2, 0.25) is 0 Å². The van der Waals surface area contributed by atoms with Crippen molar-refractivity contribution >= 4 is 15.8 Å². The Hall–Kier alpha value is -1.40. The van der Waals surface area contributed by atoms with Gasteiger partial charge in [-0.2, -0.15) is 0 Å². The summed E-state index contributed by atoms with van der Waals surface area (Å²) in [5, 5.41) is 18.7. The van der Waals surface area contributed by atoms with E-state index in [1.807, 2.05) is 6.92 Å². The van der Waals surface area contributed by atoms with Gasteiger partial charge in [0.25, 0.3) is 0 Å². The van der Waals surface area contributed by atoms with Crippen LogP contribution in [0.1, 0.15) is 43.1 Å². The highest BCUT2D eigenvalue weighted by Crippen LogP contribution is 2.20. The first-order valence-electron chi connectivity index (χ1n) is 6.38. The van der Waals surface area contributed by atoms with Crippen LogP contribution < -0.4 is 0 Å². The van der Waals surface area contributed by atoms with E-state index in [9.17, 15) is 18.3 Å². The molecule has 0 aliphatic rings. The molecule has 20 heavy (non-hydrogen) atoms. The van der Waals surface area contributed by atoms with Crippen LogP contribution >= 0.6 is 0 Å². The first-order chi connectivity index (χ1) is 9.07. The van der Waals surface area contributed by atoms with Gasteiger partial charge in [-0.3, -0.25) is 0 Å². The number of hydrogen-bond acceptors (Lipinski definition) is 4. The van der Waals surface area contributed by atoms with Gasteiger partial charge in [0.15, 0.2) is 9.84 Å². The molecule has 0 aliphatic heterocycles. The molecule has 0 heterocycles. The minimum Gasteiger partial charge on any atom is -0.478 e. The smallest absolute Gasteiger partial charge is 0.336 e. The maximum Gasteiger partial charge on any atom is 0.336 e. The normalized spacial score (nSPS) is 12.4. The highest BCUT2D eigenvalue weighted by atomic mass is 32.2. The summed E-state index contributed by atoms with van der Waals surface area (Å²) in [6.45, 7) is 4.88. The standard InChI is InChI=1S/C14H20O5S/c1-4-10-5-6-11(9-12(10)13(15)16)20(18,19)8-7-14(2,3)17/h5-6,9,17H,4,7-8H2,1-3H3,(H,15,16). The van der Waals surface area contributed by atoms with Crippen molar-refractivity contribution < 1.29 is 23.4 Å². The molecule has 0 spiro atoms. The number of aromatic carboxylic acids is 1. The Bertz CT molecular complexity index is 596. The molecule has 112 valence electrons. The lowest BCUT2D eigenvalue weighted by Gasteiger charge is -2.17. The van der Waals surface area contributed by atoms with Crippen LogP contribution in [-0.4, -0.2) is 36.0 Å². The van der Waals surface area contributed by atoms with E-state index >= 15 is 0 Å². The van der Waals surface area contributed by atoms with Crippen molar-refractivity contribution in [3.05, 3.63) is 29.3 Å². The predicted octanol–water partition coefficient (Wildman–Crippen LogP) is 1.88. The molecule has 0 amide bonds. The molecule has 0 aromatic heterocycles. The monoisotopic (exact) mass is 300 g/mol. The molecule has 1 aromatic carbocycles. The third kappa shape index (κ3) is 4.31. The van der Waals surface area contributed by atoms with E-state index in [2.05, 4.69) is 0 Å². The Morgan fingerprint density at radius 3 is 2.35 bits per heavy atom. The largest absolute Gasteiger partial charge is 0.478 e.